The van der Waals surface area contributed by atoms with Gasteiger partial charge in [0.15, 0.2) is 11.0 Å². The third-order valence-electron chi connectivity index (χ3n) is 4.64. The molecule has 1 aliphatic heterocycles. The maximum atomic E-state index is 12.5. The Morgan fingerprint density at radius 3 is 3.00 bits per heavy atom. The number of carbonyl (C=O) groups is 1. The van der Waals surface area contributed by atoms with Crippen molar-refractivity contribution in [2.45, 2.75) is 38.4 Å². The first-order valence-corrected chi connectivity index (χ1v) is 10.1. The van der Waals surface area contributed by atoms with Gasteiger partial charge in [0.25, 0.3) is 0 Å². The molecule has 1 aliphatic rings. The van der Waals surface area contributed by atoms with Crippen molar-refractivity contribution in [2.24, 2.45) is 5.92 Å². The normalized spacial score (nSPS) is 17.3. The van der Waals surface area contributed by atoms with Crippen LogP contribution in [0, 0.1) is 12.8 Å². The number of nitrogens with zero attached hydrogens (tertiary/aromatic N) is 4. The largest absolute Gasteiger partial charge is 0.342 e. The number of aromatic nitrogens is 3. The average Bonchev–Trinajstić information content (AvgIpc) is 3.03. The summed E-state index contributed by atoms with van der Waals surface area (Å²) < 4.78 is 2.03. The van der Waals surface area contributed by atoms with Crippen molar-refractivity contribution in [3.63, 3.8) is 0 Å². The van der Waals surface area contributed by atoms with Crippen LogP contribution in [-0.2, 0) is 11.3 Å². The van der Waals surface area contributed by atoms with E-state index in [9.17, 15) is 4.79 Å². The summed E-state index contributed by atoms with van der Waals surface area (Å²) in [4.78, 5) is 14.5. The number of aryl methyl sites for hydroxylation is 1. The van der Waals surface area contributed by atoms with Gasteiger partial charge in [-0.1, -0.05) is 48.5 Å². The minimum absolute atomic E-state index is 0.187. The van der Waals surface area contributed by atoms with Crippen LogP contribution in [0.25, 0.3) is 11.4 Å². The van der Waals surface area contributed by atoms with E-state index in [2.05, 4.69) is 42.8 Å². The summed E-state index contributed by atoms with van der Waals surface area (Å²) in [6.07, 6.45) is 4.15. The maximum Gasteiger partial charge on any atom is 0.233 e. The van der Waals surface area contributed by atoms with Gasteiger partial charge in [0, 0.05) is 25.2 Å². The molecule has 1 amide bonds. The number of allylic oxidation sites excluding steroid dienone is 1. The Bertz CT molecular complexity index is 786. The molecule has 0 aliphatic carbocycles. The standard InChI is InChI=1S/C20H26N4OS/c1-4-10-24-19(17-9-5-7-15(2)12-17)21-22-20(24)26-14-18(25)23-11-6-8-16(3)13-23/h4-5,7,9,12,16H,1,6,8,10-11,13-14H2,2-3H3. The zero-order valence-corrected chi connectivity index (χ0v) is 16.3. The van der Waals surface area contributed by atoms with Gasteiger partial charge in [-0.3, -0.25) is 9.36 Å². The van der Waals surface area contributed by atoms with Crippen LogP contribution in [0.2, 0.25) is 0 Å². The van der Waals surface area contributed by atoms with Crippen molar-refractivity contribution in [2.75, 3.05) is 18.8 Å². The van der Waals surface area contributed by atoms with Crippen molar-refractivity contribution < 1.29 is 4.79 Å². The molecule has 1 unspecified atom stereocenters. The van der Waals surface area contributed by atoms with Crippen LogP contribution in [0.1, 0.15) is 25.3 Å². The number of thioether (sulfide) groups is 1. The Kier molecular flexibility index (Phi) is 6.14. The molecule has 6 heteroatoms. The summed E-state index contributed by atoms with van der Waals surface area (Å²) in [5.74, 6) is 1.99. The SMILES string of the molecule is C=CCn1c(SCC(=O)N2CCCC(C)C2)nnc1-c1cccc(C)c1. The van der Waals surface area contributed by atoms with Gasteiger partial charge in [0.1, 0.15) is 0 Å². The molecule has 1 saturated heterocycles. The van der Waals surface area contributed by atoms with E-state index >= 15 is 0 Å². The van der Waals surface area contributed by atoms with E-state index in [4.69, 9.17) is 0 Å². The monoisotopic (exact) mass is 370 g/mol. The van der Waals surface area contributed by atoms with Gasteiger partial charge in [-0.15, -0.1) is 16.8 Å². The fraction of sp³-hybridized carbons (Fsp3) is 0.450. The van der Waals surface area contributed by atoms with Crippen LogP contribution < -0.4 is 0 Å². The van der Waals surface area contributed by atoms with Crippen LogP contribution in [0.15, 0.2) is 42.1 Å². The summed E-state index contributed by atoms with van der Waals surface area (Å²) in [6.45, 7) is 10.5. The second-order valence-electron chi connectivity index (χ2n) is 6.95. The lowest BCUT2D eigenvalue weighted by Gasteiger charge is -2.30. The third-order valence-corrected chi connectivity index (χ3v) is 5.59. The summed E-state index contributed by atoms with van der Waals surface area (Å²) in [5, 5.41) is 9.46. The Hall–Kier alpha value is -2.08. The molecular weight excluding hydrogens is 344 g/mol. The van der Waals surface area contributed by atoms with E-state index in [0.29, 0.717) is 18.2 Å². The highest BCUT2D eigenvalue weighted by Gasteiger charge is 2.22. The molecule has 2 heterocycles. The third kappa shape index (κ3) is 4.36. The first-order chi connectivity index (χ1) is 12.6. The first kappa shape index (κ1) is 18.7. The van der Waals surface area contributed by atoms with Gasteiger partial charge >= 0.3 is 0 Å². The number of piperidine rings is 1. The van der Waals surface area contributed by atoms with E-state index in [-0.39, 0.29) is 5.91 Å². The Labute approximate surface area is 159 Å². The topological polar surface area (TPSA) is 51.0 Å². The highest BCUT2D eigenvalue weighted by Crippen LogP contribution is 2.25. The molecule has 0 N–H and O–H groups in total. The number of carbonyl (C=O) groups excluding carboxylic acids is 1. The minimum Gasteiger partial charge on any atom is -0.342 e. The number of hydrogen-bond donors (Lipinski definition) is 0. The van der Waals surface area contributed by atoms with Crippen LogP contribution in [0.5, 0.6) is 0 Å². The number of likely N-dealkylation sites (tertiary alicyclic amines) is 1. The second kappa shape index (κ2) is 8.54. The molecule has 0 bridgehead atoms. The zero-order chi connectivity index (χ0) is 18.5. The summed E-state index contributed by atoms with van der Waals surface area (Å²) >= 11 is 1.46. The summed E-state index contributed by atoms with van der Waals surface area (Å²) in [6, 6.07) is 8.21. The number of hydrogen-bond acceptors (Lipinski definition) is 4. The lowest BCUT2D eigenvalue weighted by Crippen LogP contribution is -2.40. The van der Waals surface area contributed by atoms with E-state index < -0.39 is 0 Å². The van der Waals surface area contributed by atoms with E-state index in [1.54, 1.807) is 0 Å². The maximum absolute atomic E-state index is 12.5. The molecule has 1 aromatic carbocycles. The van der Waals surface area contributed by atoms with Gasteiger partial charge in [-0.25, -0.2) is 0 Å². The molecule has 0 spiro atoms. The van der Waals surface area contributed by atoms with Crippen LogP contribution in [-0.4, -0.2) is 44.4 Å². The van der Waals surface area contributed by atoms with E-state index in [1.807, 2.05) is 27.7 Å². The Morgan fingerprint density at radius 2 is 2.27 bits per heavy atom. The molecule has 1 atom stereocenters. The molecule has 5 nitrogen and oxygen atoms in total. The van der Waals surface area contributed by atoms with E-state index in [0.717, 1.165) is 36.1 Å². The molecule has 26 heavy (non-hydrogen) atoms. The van der Waals surface area contributed by atoms with Crippen molar-refractivity contribution >= 4 is 17.7 Å². The second-order valence-corrected chi connectivity index (χ2v) is 7.89. The lowest BCUT2D eigenvalue weighted by atomic mass is 10.0. The summed E-state index contributed by atoms with van der Waals surface area (Å²) in [5.41, 5.74) is 2.21. The van der Waals surface area contributed by atoms with Gasteiger partial charge in [-0.2, -0.15) is 0 Å². The van der Waals surface area contributed by atoms with Crippen LogP contribution >= 0.6 is 11.8 Å². The van der Waals surface area contributed by atoms with Crippen LogP contribution in [0.3, 0.4) is 0 Å². The molecule has 1 fully saturated rings. The highest BCUT2D eigenvalue weighted by atomic mass is 32.2. The molecule has 2 aromatic rings. The quantitative estimate of drug-likeness (QED) is 0.573. The Morgan fingerprint density at radius 1 is 1.42 bits per heavy atom. The van der Waals surface area contributed by atoms with Crippen molar-refractivity contribution in [1.29, 1.82) is 0 Å². The van der Waals surface area contributed by atoms with Crippen molar-refractivity contribution in [1.82, 2.24) is 19.7 Å². The Balaban J connectivity index is 1.73. The molecule has 1 aromatic heterocycles. The smallest absolute Gasteiger partial charge is 0.233 e. The van der Waals surface area contributed by atoms with Gasteiger partial charge < -0.3 is 4.90 Å². The molecule has 138 valence electrons. The number of amides is 1. The fourth-order valence-electron chi connectivity index (χ4n) is 3.32. The number of rotatable bonds is 6. The van der Waals surface area contributed by atoms with Crippen LogP contribution in [0.4, 0.5) is 0 Å². The molecule has 0 saturated carbocycles. The van der Waals surface area contributed by atoms with E-state index in [1.165, 1.54) is 23.7 Å². The molecular formula is C20H26N4OS. The predicted octanol–water partition coefficient (Wildman–Crippen LogP) is 3.79. The van der Waals surface area contributed by atoms with Gasteiger partial charge in [0.05, 0.1) is 5.75 Å². The highest BCUT2D eigenvalue weighted by molar-refractivity contribution is 7.99. The predicted molar refractivity (Wildman–Crippen MR) is 106 cm³/mol. The van der Waals surface area contributed by atoms with Crippen molar-refractivity contribution in [3.8, 4) is 11.4 Å². The van der Waals surface area contributed by atoms with Crippen molar-refractivity contribution in [3.05, 3.63) is 42.5 Å². The molecule has 0 radical (unpaired) electrons. The van der Waals surface area contributed by atoms with Gasteiger partial charge in [0.2, 0.25) is 5.91 Å². The minimum atomic E-state index is 0.187. The number of benzene rings is 1. The molecule has 3 rings (SSSR count). The fourth-order valence-corrected chi connectivity index (χ4v) is 4.17. The summed E-state index contributed by atoms with van der Waals surface area (Å²) in [7, 11) is 0. The average molecular weight is 371 g/mol. The van der Waals surface area contributed by atoms with Gasteiger partial charge in [-0.05, 0) is 31.7 Å². The first-order valence-electron chi connectivity index (χ1n) is 9.10. The lowest BCUT2D eigenvalue weighted by molar-refractivity contribution is -0.130. The zero-order valence-electron chi connectivity index (χ0n) is 15.5.